The van der Waals surface area contributed by atoms with Crippen LogP contribution in [0.1, 0.15) is 241 Å². The Morgan fingerprint density at radius 1 is 0.438 bits per heavy atom. The van der Waals surface area contributed by atoms with Crippen LogP contribution in [0.15, 0.2) is 109 Å². The van der Waals surface area contributed by atoms with Gasteiger partial charge in [-0.05, 0) is 53.8 Å². The molecule has 4 aromatic carbocycles. The van der Waals surface area contributed by atoms with Crippen molar-refractivity contribution in [3.8, 4) is 0 Å². The molecule has 1 heterocycles. The average molecular weight is 1000 g/mol. The highest BCUT2D eigenvalue weighted by atomic mass is 16.7. The molecule has 5 rings (SSSR count). The summed E-state index contributed by atoms with van der Waals surface area (Å²) in [6, 6.07) is 32.2. The van der Waals surface area contributed by atoms with Gasteiger partial charge >= 0.3 is 17.9 Å². The number of hydrogen-bond donors (Lipinski definition) is 0. The van der Waals surface area contributed by atoms with E-state index in [2.05, 4.69) is 13.8 Å². The molecule has 10 nitrogen and oxygen atoms in total. The van der Waals surface area contributed by atoms with Crippen molar-refractivity contribution in [2.24, 2.45) is 0 Å². The minimum absolute atomic E-state index is 0.103. The molecule has 10 heteroatoms. The van der Waals surface area contributed by atoms with Gasteiger partial charge in [-0.2, -0.15) is 0 Å². The number of ether oxygens (including phenoxy) is 3. The monoisotopic (exact) mass is 1000 g/mol. The molecule has 0 saturated carbocycles. The highest BCUT2D eigenvalue weighted by Crippen LogP contribution is 2.41. The van der Waals surface area contributed by atoms with Gasteiger partial charge in [0.15, 0.2) is 6.10 Å². The molecule has 2 amide bonds. The first-order chi connectivity index (χ1) is 35.8. The fraction of sp³-hybridized carbons (Fsp3) is 0.540. The van der Waals surface area contributed by atoms with Crippen molar-refractivity contribution in [2.45, 2.75) is 205 Å². The van der Waals surface area contributed by atoms with Gasteiger partial charge in [0.25, 0.3) is 11.8 Å². The van der Waals surface area contributed by atoms with Crippen LogP contribution in [-0.4, -0.2) is 54.1 Å². The van der Waals surface area contributed by atoms with E-state index in [1.165, 1.54) is 134 Å². The van der Waals surface area contributed by atoms with Gasteiger partial charge in [-0.15, -0.1) is 0 Å². The summed E-state index contributed by atoms with van der Waals surface area (Å²) in [6.45, 7) is 4.22. The van der Waals surface area contributed by atoms with Crippen molar-refractivity contribution in [2.75, 3.05) is 13.2 Å². The van der Waals surface area contributed by atoms with E-state index in [1.54, 1.807) is 36.4 Å². The number of esters is 2. The van der Waals surface area contributed by atoms with Crippen molar-refractivity contribution in [3.63, 3.8) is 0 Å². The third kappa shape index (κ3) is 19.6. The zero-order chi connectivity index (χ0) is 51.8. The first-order valence-electron chi connectivity index (χ1n) is 28.2. The van der Waals surface area contributed by atoms with Gasteiger partial charge in [0, 0.05) is 12.8 Å². The quantitative estimate of drug-likeness (QED) is 0.0186. The molecule has 1 aliphatic heterocycles. The number of hydrogen-bond acceptors (Lipinski definition) is 9. The molecule has 1 unspecified atom stereocenters. The molecule has 0 bridgehead atoms. The van der Waals surface area contributed by atoms with Crippen molar-refractivity contribution < 1.29 is 43.0 Å². The molecule has 0 spiro atoms. The van der Waals surface area contributed by atoms with Gasteiger partial charge in [0.05, 0.1) is 23.3 Å². The Hall–Kier alpha value is -5.61. The second-order valence-corrected chi connectivity index (χ2v) is 19.9. The lowest BCUT2D eigenvalue weighted by molar-refractivity contribution is -0.165. The summed E-state index contributed by atoms with van der Waals surface area (Å²) in [5.74, 6) is -3.01. The predicted octanol–water partition coefficient (Wildman–Crippen LogP) is 15.8. The average Bonchev–Trinajstić information content (AvgIpc) is 3.65. The number of carbonyl (C=O) groups is 5. The molecule has 73 heavy (non-hydrogen) atoms. The second kappa shape index (κ2) is 34.0. The number of hydroxylamine groups is 2. The van der Waals surface area contributed by atoms with E-state index in [-0.39, 0.29) is 54.7 Å². The number of rotatable bonds is 39. The molecular weight excluding hydrogens is 915 g/mol. The summed E-state index contributed by atoms with van der Waals surface area (Å²) in [4.78, 5) is 71.7. The third-order valence-electron chi connectivity index (χ3n) is 14.0. The van der Waals surface area contributed by atoms with Crippen LogP contribution in [0.4, 0.5) is 0 Å². The highest BCUT2D eigenvalue weighted by molar-refractivity contribution is 6.21. The smallest absolute Gasteiger partial charge is 0.363 e. The van der Waals surface area contributed by atoms with E-state index in [1.807, 2.05) is 60.7 Å². The zero-order valence-corrected chi connectivity index (χ0v) is 44.3. The Labute approximate surface area is 437 Å². The van der Waals surface area contributed by atoms with E-state index < -0.39 is 29.5 Å². The summed E-state index contributed by atoms with van der Waals surface area (Å²) >= 11 is 0. The van der Waals surface area contributed by atoms with Crippen molar-refractivity contribution >= 4 is 29.7 Å². The minimum atomic E-state index is -1.30. The Morgan fingerprint density at radius 3 is 1.23 bits per heavy atom. The van der Waals surface area contributed by atoms with Crippen LogP contribution in [0.3, 0.4) is 0 Å². The van der Waals surface area contributed by atoms with E-state index in [0.717, 1.165) is 49.7 Å². The summed E-state index contributed by atoms with van der Waals surface area (Å²) in [5, 5.41) is 0.495. The lowest BCUT2D eigenvalue weighted by atomic mass is 9.79. The van der Waals surface area contributed by atoms with Gasteiger partial charge in [0.2, 0.25) is 0 Å². The van der Waals surface area contributed by atoms with Gasteiger partial charge in [-0.1, -0.05) is 258 Å². The Kier molecular flexibility index (Phi) is 27.1. The number of amides is 2. The lowest BCUT2D eigenvalue weighted by Crippen LogP contribution is -2.38. The Bertz CT molecular complexity index is 2130. The third-order valence-corrected chi connectivity index (χ3v) is 14.0. The van der Waals surface area contributed by atoms with Gasteiger partial charge in [-0.3, -0.25) is 19.2 Å². The number of carbonyl (C=O) groups excluding carboxylic acids is 5. The minimum Gasteiger partial charge on any atom is -0.462 e. The highest BCUT2D eigenvalue weighted by Gasteiger charge is 2.41. The second-order valence-electron chi connectivity index (χ2n) is 19.9. The molecule has 1 aliphatic rings. The predicted molar refractivity (Wildman–Crippen MR) is 289 cm³/mol. The lowest BCUT2D eigenvalue weighted by Gasteiger charge is -2.37. The van der Waals surface area contributed by atoms with Crippen LogP contribution in [0.25, 0.3) is 0 Å². The molecule has 396 valence electrons. The number of benzene rings is 4. The van der Waals surface area contributed by atoms with E-state index >= 15 is 0 Å². The maximum Gasteiger partial charge on any atom is 0.363 e. The van der Waals surface area contributed by atoms with Crippen LogP contribution >= 0.6 is 0 Å². The molecule has 0 fully saturated rings. The summed E-state index contributed by atoms with van der Waals surface area (Å²) in [5.41, 5.74) is 1.29. The van der Waals surface area contributed by atoms with Crippen LogP contribution in [-0.2, 0) is 34.2 Å². The van der Waals surface area contributed by atoms with Crippen molar-refractivity contribution in [1.82, 2.24) is 5.06 Å². The largest absolute Gasteiger partial charge is 0.462 e. The maximum atomic E-state index is 13.6. The Morgan fingerprint density at radius 2 is 0.808 bits per heavy atom. The first kappa shape index (κ1) is 58.3. The molecule has 0 aliphatic carbocycles. The fourth-order valence-electron chi connectivity index (χ4n) is 9.73. The molecule has 0 N–H and O–H groups in total. The molecule has 0 radical (unpaired) electrons. The number of fused-ring (bicyclic) bond motifs is 1. The molecule has 0 saturated heterocycles. The maximum absolute atomic E-state index is 13.6. The van der Waals surface area contributed by atoms with Crippen LogP contribution in [0.2, 0.25) is 0 Å². The normalized spacial score (nSPS) is 12.7. The molecule has 0 aromatic heterocycles. The Balaban J connectivity index is 1.22. The topological polar surface area (TPSA) is 126 Å². The van der Waals surface area contributed by atoms with Gasteiger partial charge in [0.1, 0.15) is 12.2 Å². The standard InChI is InChI=1S/C63H85NO9/c1-3-5-7-9-11-13-15-17-19-21-23-25-33-43-58(65)70-49-55(72-59(66)44-34-26-24-22-20-18-16-14-12-10-8-6-4-2)50-71-63(52-37-29-27-30-38-52,53-39-31-28-32-40-53)54-47-45-51(46-48-54)62(69)73-64-60(67)56-41-35-36-42-57(56)61(64)68/h27-32,35-42,45-48,55H,3-26,33-34,43-44,49-50H2,1-2H3. The van der Waals surface area contributed by atoms with Crippen molar-refractivity contribution in [1.29, 1.82) is 0 Å². The molecule has 1 atom stereocenters. The van der Waals surface area contributed by atoms with Crippen LogP contribution in [0.5, 0.6) is 0 Å². The van der Waals surface area contributed by atoms with E-state index in [9.17, 15) is 24.0 Å². The van der Waals surface area contributed by atoms with Gasteiger partial charge < -0.3 is 19.0 Å². The number of imide groups is 1. The van der Waals surface area contributed by atoms with E-state index in [4.69, 9.17) is 19.0 Å². The molecular formula is C63H85NO9. The van der Waals surface area contributed by atoms with E-state index in [0.29, 0.717) is 17.0 Å². The SMILES string of the molecule is CCCCCCCCCCCCCCCC(=O)OCC(COC(c1ccccc1)(c1ccccc1)c1ccc(C(=O)ON2C(=O)c3ccccc3C2=O)cc1)OC(=O)CCCCCCCCCCCCCCC. The van der Waals surface area contributed by atoms with Gasteiger partial charge in [-0.25, -0.2) is 4.79 Å². The zero-order valence-electron chi connectivity index (χ0n) is 44.3. The fourth-order valence-corrected chi connectivity index (χ4v) is 9.73. The number of unbranched alkanes of at least 4 members (excludes halogenated alkanes) is 24. The number of nitrogens with zero attached hydrogens (tertiary/aromatic N) is 1. The summed E-state index contributed by atoms with van der Waals surface area (Å²) < 4.78 is 19.1. The summed E-state index contributed by atoms with van der Waals surface area (Å²) in [6.07, 6.45) is 31.0. The van der Waals surface area contributed by atoms with Crippen LogP contribution < -0.4 is 0 Å². The van der Waals surface area contributed by atoms with Crippen molar-refractivity contribution in [3.05, 3.63) is 143 Å². The summed E-state index contributed by atoms with van der Waals surface area (Å²) in [7, 11) is 0. The molecule has 4 aromatic rings. The van der Waals surface area contributed by atoms with Crippen LogP contribution in [0, 0.1) is 0 Å². The first-order valence-corrected chi connectivity index (χ1v) is 28.2.